The molecule has 2 rings (SSSR count). The molecule has 18 heavy (non-hydrogen) atoms. The lowest BCUT2D eigenvalue weighted by Gasteiger charge is -2.02. The summed E-state index contributed by atoms with van der Waals surface area (Å²) >= 11 is 1.79. The first-order valence-corrected chi connectivity index (χ1v) is 7.42. The summed E-state index contributed by atoms with van der Waals surface area (Å²) in [6.45, 7) is 5.07. The molecule has 0 aromatic carbocycles. The van der Waals surface area contributed by atoms with Crippen LogP contribution < -0.4 is 5.32 Å². The highest BCUT2D eigenvalue weighted by Crippen LogP contribution is 2.23. The smallest absolute Gasteiger partial charge is 0.0955 e. The lowest BCUT2D eigenvalue weighted by Crippen LogP contribution is -2.15. The standard InChI is InChI=1S/C13H22N2O2S/c1-3-17-7-6-13-15-11(9-16-2)12(18-13)8-14-10-4-5-10/h10,14H,3-9H2,1-2H3. The maximum Gasteiger partial charge on any atom is 0.0955 e. The van der Waals surface area contributed by atoms with Gasteiger partial charge in [-0.15, -0.1) is 11.3 Å². The quantitative estimate of drug-likeness (QED) is 0.698. The first kappa shape index (κ1) is 13.9. The number of hydrogen-bond donors (Lipinski definition) is 1. The molecule has 0 amide bonds. The third kappa shape index (κ3) is 4.31. The lowest BCUT2D eigenvalue weighted by molar-refractivity contribution is 0.150. The highest BCUT2D eigenvalue weighted by atomic mass is 32.1. The van der Waals surface area contributed by atoms with E-state index in [2.05, 4.69) is 10.3 Å². The van der Waals surface area contributed by atoms with Crippen molar-refractivity contribution in [3.63, 3.8) is 0 Å². The fraction of sp³-hybridized carbons (Fsp3) is 0.769. The van der Waals surface area contributed by atoms with E-state index in [-0.39, 0.29) is 0 Å². The number of nitrogens with zero attached hydrogens (tertiary/aromatic N) is 1. The van der Waals surface area contributed by atoms with E-state index in [4.69, 9.17) is 9.47 Å². The highest BCUT2D eigenvalue weighted by Gasteiger charge is 2.21. The molecule has 0 saturated heterocycles. The van der Waals surface area contributed by atoms with E-state index < -0.39 is 0 Å². The van der Waals surface area contributed by atoms with E-state index in [1.54, 1.807) is 18.4 Å². The number of nitrogens with one attached hydrogen (secondary N) is 1. The molecule has 1 aromatic rings. The molecule has 0 radical (unpaired) electrons. The molecule has 5 heteroatoms. The SMILES string of the molecule is CCOCCc1nc(COC)c(CNC2CC2)s1. The summed E-state index contributed by atoms with van der Waals surface area (Å²) in [5.74, 6) is 0. The zero-order valence-electron chi connectivity index (χ0n) is 11.2. The van der Waals surface area contributed by atoms with Gasteiger partial charge in [0.05, 0.1) is 23.9 Å². The number of rotatable bonds is 9. The second kappa shape index (κ2) is 7.19. The molecule has 0 bridgehead atoms. The van der Waals surface area contributed by atoms with Gasteiger partial charge in [0, 0.05) is 37.6 Å². The Morgan fingerprint density at radius 3 is 2.94 bits per heavy atom. The van der Waals surface area contributed by atoms with Gasteiger partial charge in [-0.3, -0.25) is 0 Å². The van der Waals surface area contributed by atoms with Crippen molar-refractivity contribution in [2.45, 2.75) is 45.4 Å². The number of methoxy groups -OCH3 is 1. The molecule has 0 unspecified atom stereocenters. The van der Waals surface area contributed by atoms with Gasteiger partial charge in [0.25, 0.3) is 0 Å². The second-order valence-electron chi connectivity index (χ2n) is 4.51. The monoisotopic (exact) mass is 270 g/mol. The fourth-order valence-electron chi connectivity index (χ4n) is 1.76. The van der Waals surface area contributed by atoms with E-state index in [1.165, 1.54) is 17.7 Å². The summed E-state index contributed by atoms with van der Waals surface area (Å²) in [6.07, 6.45) is 3.53. The van der Waals surface area contributed by atoms with Crippen LogP contribution in [0, 0.1) is 0 Å². The zero-order valence-corrected chi connectivity index (χ0v) is 12.0. The van der Waals surface area contributed by atoms with Crippen LogP contribution >= 0.6 is 11.3 Å². The van der Waals surface area contributed by atoms with Gasteiger partial charge in [0.2, 0.25) is 0 Å². The predicted molar refractivity (Wildman–Crippen MR) is 72.9 cm³/mol. The van der Waals surface area contributed by atoms with Crippen LogP contribution in [0.4, 0.5) is 0 Å². The summed E-state index contributed by atoms with van der Waals surface area (Å²) in [7, 11) is 1.72. The van der Waals surface area contributed by atoms with Gasteiger partial charge in [-0.25, -0.2) is 4.98 Å². The van der Waals surface area contributed by atoms with Crippen molar-refractivity contribution >= 4 is 11.3 Å². The third-order valence-corrected chi connectivity index (χ3v) is 4.05. The minimum absolute atomic E-state index is 0.604. The molecule has 0 atom stereocenters. The Kier molecular flexibility index (Phi) is 5.56. The van der Waals surface area contributed by atoms with Gasteiger partial charge < -0.3 is 14.8 Å². The Balaban J connectivity index is 1.90. The molecule has 1 aromatic heterocycles. The van der Waals surface area contributed by atoms with Gasteiger partial charge in [0.1, 0.15) is 0 Å². The Hall–Kier alpha value is -0.490. The molecule has 1 saturated carbocycles. The van der Waals surface area contributed by atoms with Crippen molar-refractivity contribution in [3.8, 4) is 0 Å². The Morgan fingerprint density at radius 1 is 1.44 bits per heavy atom. The van der Waals surface area contributed by atoms with E-state index in [9.17, 15) is 0 Å². The van der Waals surface area contributed by atoms with Crippen LogP contribution in [0.25, 0.3) is 0 Å². The fourth-order valence-corrected chi connectivity index (χ4v) is 2.76. The van der Waals surface area contributed by atoms with Crippen LogP contribution in [0.2, 0.25) is 0 Å². The molecule has 1 heterocycles. The van der Waals surface area contributed by atoms with Crippen LogP contribution in [0.5, 0.6) is 0 Å². The molecule has 1 N–H and O–H groups in total. The van der Waals surface area contributed by atoms with Crippen molar-refractivity contribution in [1.29, 1.82) is 0 Å². The molecule has 1 fully saturated rings. The molecule has 0 aliphatic heterocycles. The van der Waals surface area contributed by atoms with Gasteiger partial charge in [-0.05, 0) is 19.8 Å². The molecule has 1 aliphatic rings. The Morgan fingerprint density at radius 2 is 2.28 bits per heavy atom. The average molecular weight is 270 g/mol. The summed E-state index contributed by atoms with van der Waals surface area (Å²) in [6, 6.07) is 0.731. The third-order valence-electron chi connectivity index (χ3n) is 2.90. The molecular weight excluding hydrogens is 248 g/mol. The van der Waals surface area contributed by atoms with Gasteiger partial charge >= 0.3 is 0 Å². The van der Waals surface area contributed by atoms with Crippen molar-refractivity contribution in [3.05, 3.63) is 15.6 Å². The van der Waals surface area contributed by atoms with Crippen molar-refractivity contribution in [2.75, 3.05) is 20.3 Å². The van der Waals surface area contributed by atoms with Crippen LogP contribution in [0.15, 0.2) is 0 Å². The predicted octanol–water partition coefficient (Wildman–Crippen LogP) is 2.12. The van der Waals surface area contributed by atoms with E-state index >= 15 is 0 Å². The number of ether oxygens (including phenoxy) is 2. The van der Waals surface area contributed by atoms with E-state index in [0.29, 0.717) is 6.61 Å². The van der Waals surface area contributed by atoms with E-state index in [1.807, 2.05) is 6.92 Å². The number of aromatic nitrogens is 1. The van der Waals surface area contributed by atoms with Gasteiger partial charge in [-0.2, -0.15) is 0 Å². The van der Waals surface area contributed by atoms with Crippen molar-refractivity contribution in [1.82, 2.24) is 10.3 Å². The van der Waals surface area contributed by atoms with E-state index in [0.717, 1.165) is 42.9 Å². The first-order chi connectivity index (χ1) is 8.83. The molecule has 4 nitrogen and oxygen atoms in total. The summed E-state index contributed by atoms with van der Waals surface area (Å²) in [4.78, 5) is 5.96. The second-order valence-corrected chi connectivity index (χ2v) is 5.68. The average Bonchev–Trinajstić information content (AvgIpc) is 3.11. The van der Waals surface area contributed by atoms with Gasteiger partial charge in [0.15, 0.2) is 0 Å². The molecule has 102 valence electrons. The largest absolute Gasteiger partial charge is 0.381 e. The summed E-state index contributed by atoms with van der Waals surface area (Å²) in [5, 5.41) is 4.69. The normalized spacial score (nSPS) is 15.2. The molecular formula is C13H22N2O2S. The number of hydrogen-bond acceptors (Lipinski definition) is 5. The minimum atomic E-state index is 0.604. The van der Waals surface area contributed by atoms with Crippen LogP contribution in [0.1, 0.15) is 35.3 Å². The molecule has 1 aliphatic carbocycles. The Labute approximate surface area is 113 Å². The van der Waals surface area contributed by atoms with Crippen LogP contribution in [0.3, 0.4) is 0 Å². The number of thiazole rings is 1. The van der Waals surface area contributed by atoms with Crippen molar-refractivity contribution < 1.29 is 9.47 Å². The topological polar surface area (TPSA) is 43.4 Å². The maximum absolute atomic E-state index is 5.37. The van der Waals surface area contributed by atoms with Crippen LogP contribution in [-0.2, 0) is 29.0 Å². The van der Waals surface area contributed by atoms with Crippen LogP contribution in [-0.4, -0.2) is 31.3 Å². The van der Waals surface area contributed by atoms with Gasteiger partial charge in [-0.1, -0.05) is 0 Å². The maximum atomic E-state index is 5.37. The summed E-state index contributed by atoms with van der Waals surface area (Å²) in [5.41, 5.74) is 1.09. The Bertz CT molecular complexity index is 364. The summed E-state index contributed by atoms with van der Waals surface area (Å²) < 4.78 is 10.6. The zero-order chi connectivity index (χ0) is 12.8. The lowest BCUT2D eigenvalue weighted by atomic mass is 10.3. The highest BCUT2D eigenvalue weighted by molar-refractivity contribution is 7.11. The molecule has 0 spiro atoms. The minimum Gasteiger partial charge on any atom is -0.381 e. The van der Waals surface area contributed by atoms with Crippen molar-refractivity contribution in [2.24, 2.45) is 0 Å². The first-order valence-electron chi connectivity index (χ1n) is 6.61.